The minimum absolute atomic E-state index is 0.713. The van der Waals surface area contributed by atoms with Crippen LogP contribution >= 0.6 is 0 Å². The van der Waals surface area contributed by atoms with E-state index in [4.69, 9.17) is 18.9 Å². The van der Waals surface area contributed by atoms with Crippen molar-refractivity contribution in [1.29, 1.82) is 0 Å². The summed E-state index contributed by atoms with van der Waals surface area (Å²) in [5.74, 6) is 2.95. The molecule has 3 aromatic rings. The molecule has 5 heteroatoms. The number of methoxy groups -OCH3 is 4. The monoisotopic (exact) mass is 341 g/mol. The fraction of sp³-hybridized carbons (Fsp3) is 0.300. The fourth-order valence-electron chi connectivity index (χ4n) is 3.30. The van der Waals surface area contributed by atoms with E-state index >= 15 is 0 Å². The van der Waals surface area contributed by atoms with Gasteiger partial charge in [-0.15, -0.1) is 0 Å². The van der Waals surface area contributed by atoms with Gasteiger partial charge in [0.1, 0.15) is 11.5 Å². The summed E-state index contributed by atoms with van der Waals surface area (Å²) in [7, 11) is 8.65. The molecule has 0 aliphatic rings. The van der Waals surface area contributed by atoms with E-state index in [2.05, 4.69) is 11.5 Å². The van der Waals surface area contributed by atoms with E-state index < -0.39 is 0 Å². The number of aryl methyl sites for hydroxylation is 2. The van der Waals surface area contributed by atoms with Gasteiger partial charge in [-0.25, -0.2) is 0 Å². The molecule has 0 amide bonds. The average Bonchev–Trinajstić information content (AvgIpc) is 2.89. The molecule has 0 aliphatic carbocycles. The van der Waals surface area contributed by atoms with E-state index in [1.54, 1.807) is 28.4 Å². The molecular weight excluding hydrogens is 318 g/mol. The van der Waals surface area contributed by atoms with E-state index in [9.17, 15) is 0 Å². The van der Waals surface area contributed by atoms with Gasteiger partial charge in [-0.1, -0.05) is 0 Å². The predicted molar refractivity (Wildman–Crippen MR) is 99.3 cm³/mol. The third-order valence-corrected chi connectivity index (χ3v) is 4.58. The highest BCUT2D eigenvalue weighted by atomic mass is 16.5. The standard InChI is InChI=1S/C20H23NO4/c1-12-16-10-18(24-5)19(25-6)11-17(16)21(2)20(12)13-7-14(22-3)9-15(8-13)23-4/h7-11H,1-6H3. The second-order valence-corrected chi connectivity index (χ2v) is 5.86. The first-order valence-electron chi connectivity index (χ1n) is 7.98. The number of fused-ring (bicyclic) bond motifs is 1. The molecular formula is C20H23NO4. The summed E-state index contributed by atoms with van der Waals surface area (Å²) >= 11 is 0. The first kappa shape index (κ1) is 17.0. The quantitative estimate of drug-likeness (QED) is 0.698. The minimum Gasteiger partial charge on any atom is -0.497 e. The Morgan fingerprint density at radius 3 is 1.80 bits per heavy atom. The molecule has 0 bridgehead atoms. The number of hydrogen-bond acceptors (Lipinski definition) is 4. The molecule has 1 aromatic heterocycles. The Morgan fingerprint density at radius 2 is 1.28 bits per heavy atom. The van der Waals surface area contributed by atoms with Gasteiger partial charge in [-0.3, -0.25) is 0 Å². The third-order valence-electron chi connectivity index (χ3n) is 4.58. The fourth-order valence-corrected chi connectivity index (χ4v) is 3.30. The normalized spacial score (nSPS) is 10.8. The molecule has 0 N–H and O–H groups in total. The van der Waals surface area contributed by atoms with Crippen LogP contribution in [-0.4, -0.2) is 33.0 Å². The zero-order valence-electron chi connectivity index (χ0n) is 15.5. The van der Waals surface area contributed by atoms with Crippen molar-refractivity contribution in [2.24, 2.45) is 7.05 Å². The van der Waals surface area contributed by atoms with Crippen LogP contribution in [-0.2, 0) is 7.05 Å². The van der Waals surface area contributed by atoms with Gasteiger partial charge in [-0.05, 0) is 30.7 Å². The molecule has 25 heavy (non-hydrogen) atoms. The lowest BCUT2D eigenvalue weighted by Gasteiger charge is -2.11. The number of nitrogens with zero attached hydrogens (tertiary/aromatic N) is 1. The van der Waals surface area contributed by atoms with Crippen LogP contribution in [0.1, 0.15) is 5.56 Å². The van der Waals surface area contributed by atoms with Crippen LogP contribution < -0.4 is 18.9 Å². The highest BCUT2D eigenvalue weighted by Crippen LogP contribution is 2.40. The molecule has 0 saturated heterocycles. The van der Waals surface area contributed by atoms with Crippen LogP contribution in [0.4, 0.5) is 0 Å². The first-order chi connectivity index (χ1) is 12.0. The van der Waals surface area contributed by atoms with Crippen molar-refractivity contribution in [3.63, 3.8) is 0 Å². The number of ether oxygens (including phenoxy) is 4. The van der Waals surface area contributed by atoms with Crippen LogP contribution in [0.25, 0.3) is 22.2 Å². The molecule has 5 nitrogen and oxygen atoms in total. The number of hydrogen-bond donors (Lipinski definition) is 0. The molecule has 1 heterocycles. The summed E-state index contributed by atoms with van der Waals surface area (Å²) in [6, 6.07) is 9.91. The maximum Gasteiger partial charge on any atom is 0.162 e. The lowest BCUT2D eigenvalue weighted by molar-refractivity contribution is 0.355. The highest BCUT2D eigenvalue weighted by molar-refractivity contribution is 5.94. The van der Waals surface area contributed by atoms with Gasteiger partial charge in [0, 0.05) is 30.1 Å². The van der Waals surface area contributed by atoms with Crippen LogP contribution in [0.3, 0.4) is 0 Å². The summed E-state index contributed by atoms with van der Waals surface area (Å²) in [4.78, 5) is 0. The van der Waals surface area contributed by atoms with Crippen molar-refractivity contribution >= 4 is 10.9 Å². The van der Waals surface area contributed by atoms with Crippen molar-refractivity contribution in [1.82, 2.24) is 4.57 Å². The zero-order chi connectivity index (χ0) is 18.1. The number of rotatable bonds is 5. The Labute approximate surface area is 147 Å². The van der Waals surface area contributed by atoms with E-state index in [1.165, 1.54) is 0 Å². The Hall–Kier alpha value is -2.82. The van der Waals surface area contributed by atoms with Crippen molar-refractivity contribution in [2.45, 2.75) is 6.92 Å². The van der Waals surface area contributed by atoms with Crippen LogP contribution in [0.2, 0.25) is 0 Å². The van der Waals surface area contributed by atoms with Gasteiger partial charge in [0.15, 0.2) is 11.5 Å². The van der Waals surface area contributed by atoms with E-state index in [-0.39, 0.29) is 0 Å². The molecule has 0 saturated carbocycles. The lowest BCUT2D eigenvalue weighted by Crippen LogP contribution is -1.95. The Balaban J connectivity index is 2.30. The molecule has 0 radical (unpaired) electrons. The highest BCUT2D eigenvalue weighted by Gasteiger charge is 2.18. The molecule has 0 unspecified atom stereocenters. The molecule has 132 valence electrons. The van der Waals surface area contributed by atoms with Gasteiger partial charge < -0.3 is 23.5 Å². The van der Waals surface area contributed by atoms with Gasteiger partial charge in [0.05, 0.1) is 39.6 Å². The number of aromatic nitrogens is 1. The van der Waals surface area contributed by atoms with E-state index in [0.29, 0.717) is 5.75 Å². The van der Waals surface area contributed by atoms with Crippen molar-refractivity contribution in [3.05, 3.63) is 35.9 Å². The first-order valence-corrected chi connectivity index (χ1v) is 7.98. The summed E-state index contributed by atoms with van der Waals surface area (Å²) in [6.07, 6.45) is 0. The molecule has 2 aromatic carbocycles. The summed E-state index contributed by atoms with van der Waals surface area (Å²) < 4.78 is 23.9. The van der Waals surface area contributed by atoms with Crippen LogP contribution in [0.5, 0.6) is 23.0 Å². The molecule has 0 spiro atoms. The van der Waals surface area contributed by atoms with Gasteiger partial charge in [0.25, 0.3) is 0 Å². The molecule has 0 aliphatic heterocycles. The topological polar surface area (TPSA) is 41.9 Å². The smallest absolute Gasteiger partial charge is 0.162 e. The summed E-state index contributed by atoms with van der Waals surface area (Å²) in [6.45, 7) is 2.11. The van der Waals surface area contributed by atoms with Crippen molar-refractivity contribution < 1.29 is 18.9 Å². The predicted octanol–water partition coefficient (Wildman–Crippen LogP) is 4.19. The Morgan fingerprint density at radius 1 is 0.720 bits per heavy atom. The summed E-state index contributed by atoms with van der Waals surface area (Å²) in [5.41, 5.74) is 4.37. The van der Waals surface area contributed by atoms with Crippen LogP contribution in [0.15, 0.2) is 30.3 Å². The molecule has 0 fully saturated rings. The number of benzene rings is 2. The molecule has 0 atom stereocenters. The second kappa shape index (κ2) is 6.59. The SMILES string of the molecule is COc1cc(OC)cc(-c2c(C)c3cc(OC)c(OC)cc3n2C)c1. The van der Waals surface area contributed by atoms with Crippen molar-refractivity contribution in [2.75, 3.05) is 28.4 Å². The largest absolute Gasteiger partial charge is 0.497 e. The van der Waals surface area contributed by atoms with E-state index in [0.717, 1.165) is 45.0 Å². The van der Waals surface area contributed by atoms with Crippen LogP contribution in [0, 0.1) is 6.92 Å². The maximum absolute atomic E-state index is 5.45. The minimum atomic E-state index is 0.713. The third kappa shape index (κ3) is 2.76. The maximum atomic E-state index is 5.45. The van der Waals surface area contributed by atoms with Gasteiger partial charge in [-0.2, -0.15) is 0 Å². The van der Waals surface area contributed by atoms with E-state index in [1.807, 2.05) is 37.4 Å². The van der Waals surface area contributed by atoms with Crippen molar-refractivity contribution in [3.8, 4) is 34.3 Å². The average molecular weight is 341 g/mol. The Kier molecular flexibility index (Phi) is 4.49. The molecule has 3 rings (SSSR count). The van der Waals surface area contributed by atoms with Gasteiger partial charge >= 0.3 is 0 Å². The summed E-state index contributed by atoms with van der Waals surface area (Å²) in [5, 5.41) is 1.12. The van der Waals surface area contributed by atoms with Gasteiger partial charge in [0.2, 0.25) is 0 Å². The zero-order valence-corrected chi connectivity index (χ0v) is 15.5. The second-order valence-electron chi connectivity index (χ2n) is 5.86. The Bertz CT molecular complexity index is 858. The lowest BCUT2D eigenvalue weighted by atomic mass is 10.1.